The third kappa shape index (κ3) is 6.07. The molecule has 8 heteroatoms. The van der Waals surface area contributed by atoms with Crippen LogP contribution in [0, 0.1) is 0 Å². The first-order valence-electron chi connectivity index (χ1n) is 5.58. The lowest BCUT2D eigenvalue weighted by Gasteiger charge is -2.11. The fourth-order valence-corrected chi connectivity index (χ4v) is 1.40. The summed E-state index contributed by atoms with van der Waals surface area (Å²) >= 11 is 0. The highest BCUT2D eigenvalue weighted by molar-refractivity contribution is 5.85. The summed E-state index contributed by atoms with van der Waals surface area (Å²) in [7, 11) is 0. The molecule has 0 unspecified atom stereocenters. The number of carbonyl (C=O) groups is 2. The van der Waals surface area contributed by atoms with Gasteiger partial charge < -0.3 is 9.84 Å². The van der Waals surface area contributed by atoms with Gasteiger partial charge in [-0.2, -0.15) is 13.2 Å². The number of para-hydroxylation sites is 1. The normalized spacial score (nSPS) is 10.9. The number of aryl methyl sites for hydroxylation is 1. The van der Waals surface area contributed by atoms with E-state index in [0.29, 0.717) is 5.56 Å². The maximum Gasteiger partial charge on any atom is 0.422 e. The van der Waals surface area contributed by atoms with Gasteiger partial charge in [0.15, 0.2) is 6.61 Å². The summed E-state index contributed by atoms with van der Waals surface area (Å²) in [5, 5.41) is 10.7. The van der Waals surface area contributed by atoms with E-state index < -0.39 is 24.8 Å². The monoisotopic (exact) mass is 291 g/mol. The van der Waals surface area contributed by atoms with Crippen LogP contribution >= 0.6 is 0 Å². The Hall–Kier alpha value is -2.25. The molecule has 110 valence electrons. The Morgan fingerprint density at radius 2 is 1.90 bits per heavy atom. The lowest BCUT2D eigenvalue weighted by molar-refractivity contribution is -0.159. The Morgan fingerprint density at radius 3 is 2.50 bits per heavy atom. The number of carbonyl (C=O) groups excluding carboxylic acids is 1. The Labute approximate surface area is 112 Å². The minimum absolute atomic E-state index is 0.144. The van der Waals surface area contributed by atoms with Gasteiger partial charge in [-0.1, -0.05) is 18.2 Å². The van der Waals surface area contributed by atoms with Crippen LogP contribution in [-0.2, 0) is 16.0 Å². The van der Waals surface area contributed by atoms with Gasteiger partial charge >= 0.3 is 18.2 Å². The lowest BCUT2D eigenvalue weighted by Crippen LogP contribution is -2.23. The summed E-state index contributed by atoms with van der Waals surface area (Å²) in [6.07, 6.45) is -5.85. The van der Waals surface area contributed by atoms with E-state index in [1.807, 2.05) is 0 Å². The standard InChI is InChI=1S/C12H12F3NO4/c13-12(14,15)7-20-11(19)16-9-4-2-1-3-8(9)5-6-10(17)18/h1-4H,5-7H2,(H,16,19)(H,17,18). The first-order chi connectivity index (χ1) is 9.28. The molecule has 1 aromatic rings. The van der Waals surface area contributed by atoms with Crippen molar-refractivity contribution in [1.82, 2.24) is 0 Å². The van der Waals surface area contributed by atoms with Crippen molar-refractivity contribution in [2.75, 3.05) is 11.9 Å². The van der Waals surface area contributed by atoms with Gasteiger partial charge in [-0.25, -0.2) is 4.79 Å². The molecule has 5 nitrogen and oxygen atoms in total. The van der Waals surface area contributed by atoms with Crippen molar-refractivity contribution in [2.24, 2.45) is 0 Å². The molecular formula is C12H12F3NO4. The van der Waals surface area contributed by atoms with E-state index in [4.69, 9.17) is 5.11 Å². The number of aliphatic carboxylic acids is 1. The molecule has 0 fully saturated rings. The summed E-state index contributed by atoms with van der Waals surface area (Å²) in [6, 6.07) is 6.21. The molecule has 0 radical (unpaired) electrons. The van der Waals surface area contributed by atoms with Gasteiger partial charge in [-0.05, 0) is 18.1 Å². The maximum absolute atomic E-state index is 11.9. The number of ether oxygens (including phenoxy) is 1. The predicted molar refractivity (Wildman–Crippen MR) is 63.4 cm³/mol. The minimum atomic E-state index is -4.60. The topological polar surface area (TPSA) is 75.6 Å². The average Bonchev–Trinajstić information content (AvgIpc) is 2.34. The van der Waals surface area contributed by atoms with Gasteiger partial charge in [-0.15, -0.1) is 0 Å². The van der Waals surface area contributed by atoms with E-state index in [1.165, 1.54) is 6.07 Å². The van der Waals surface area contributed by atoms with E-state index in [9.17, 15) is 22.8 Å². The zero-order chi connectivity index (χ0) is 15.2. The summed E-state index contributed by atoms with van der Waals surface area (Å²) in [5.74, 6) is -1.01. The van der Waals surface area contributed by atoms with Gasteiger partial charge in [0.05, 0.1) is 0 Å². The van der Waals surface area contributed by atoms with Crippen LogP contribution < -0.4 is 5.32 Å². The van der Waals surface area contributed by atoms with Crippen molar-refractivity contribution in [3.05, 3.63) is 29.8 Å². The van der Waals surface area contributed by atoms with Gasteiger partial charge in [-0.3, -0.25) is 10.1 Å². The number of halogens is 3. The Morgan fingerprint density at radius 1 is 1.25 bits per heavy atom. The second-order valence-corrected chi connectivity index (χ2v) is 3.87. The number of carboxylic acids is 1. The third-order valence-electron chi connectivity index (χ3n) is 2.23. The SMILES string of the molecule is O=C(O)CCc1ccccc1NC(=O)OCC(F)(F)F. The second-order valence-electron chi connectivity index (χ2n) is 3.87. The quantitative estimate of drug-likeness (QED) is 0.874. The maximum atomic E-state index is 11.9. The van der Waals surface area contributed by atoms with Crippen LogP contribution in [0.3, 0.4) is 0 Å². The van der Waals surface area contributed by atoms with Crippen LogP contribution in [-0.4, -0.2) is 30.0 Å². The molecule has 0 spiro atoms. The first kappa shape index (κ1) is 15.8. The molecule has 20 heavy (non-hydrogen) atoms. The zero-order valence-corrected chi connectivity index (χ0v) is 10.2. The molecule has 1 rings (SSSR count). The van der Waals surface area contributed by atoms with E-state index in [0.717, 1.165) is 0 Å². The molecular weight excluding hydrogens is 279 g/mol. The van der Waals surface area contributed by atoms with Crippen LogP contribution in [0.15, 0.2) is 24.3 Å². The number of carboxylic acid groups (broad SMARTS) is 1. The fraction of sp³-hybridized carbons (Fsp3) is 0.333. The molecule has 0 heterocycles. The molecule has 0 aliphatic carbocycles. The molecule has 1 aromatic carbocycles. The number of benzene rings is 1. The highest BCUT2D eigenvalue weighted by Gasteiger charge is 2.29. The van der Waals surface area contributed by atoms with Crippen LogP contribution in [0.4, 0.5) is 23.7 Å². The van der Waals surface area contributed by atoms with Gasteiger partial charge in [0.1, 0.15) is 0 Å². The lowest BCUT2D eigenvalue weighted by atomic mass is 10.1. The van der Waals surface area contributed by atoms with E-state index in [-0.39, 0.29) is 18.5 Å². The molecule has 0 aliphatic rings. The number of alkyl halides is 3. The summed E-state index contributed by atoms with van der Waals surface area (Å²) < 4.78 is 39.6. The molecule has 0 aliphatic heterocycles. The highest BCUT2D eigenvalue weighted by Crippen LogP contribution is 2.18. The van der Waals surface area contributed by atoms with Crippen LogP contribution in [0.2, 0.25) is 0 Å². The third-order valence-corrected chi connectivity index (χ3v) is 2.23. The van der Waals surface area contributed by atoms with Crippen LogP contribution in [0.25, 0.3) is 0 Å². The number of amides is 1. The van der Waals surface area contributed by atoms with Gasteiger partial charge in [0.2, 0.25) is 0 Å². The summed E-state index contributed by atoms with van der Waals surface area (Å²) in [6.45, 7) is -1.68. The number of hydrogen-bond donors (Lipinski definition) is 2. The van der Waals surface area contributed by atoms with Crippen molar-refractivity contribution in [3.63, 3.8) is 0 Å². The minimum Gasteiger partial charge on any atom is -0.481 e. The fourth-order valence-electron chi connectivity index (χ4n) is 1.40. The van der Waals surface area contributed by atoms with E-state index >= 15 is 0 Å². The number of nitrogens with one attached hydrogen (secondary N) is 1. The predicted octanol–water partition coefficient (Wildman–Crippen LogP) is 2.81. The summed E-state index contributed by atoms with van der Waals surface area (Å²) in [5.41, 5.74) is 0.722. The Bertz CT molecular complexity index is 488. The zero-order valence-electron chi connectivity index (χ0n) is 10.2. The van der Waals surface area contributed by atoms with Crippen molar-refractivity contribution >= 4 is 17.7 Å². The molecule has 0 saturated heterocycles. The van der Waals surface area contributed by atoms with E-state index in [2.05, 4.69) is 10.1 Å². The van der Waals surface area contributed by atoms with Crippen molar-refractivity contribution in [2.45, 2.75) is 19.0 Å². The largest absolute Gasteiger partial charge is 0.481 e. The van der Waals surface area contributed by atoms with Crippen molar-refractivity contribution < 1.29 is 32.6 Å². The second kappa shape index (κ2) is 6.78. The number of anilines is 1. The Kier molecular flexibility index (Phi) is 5.36. The Balaban J connectivity index is 2.62. The van der Waals surface area contributed by atoms with Crippen molar-refractivity contribution in [3.8, 4) is 0 Å². The van der Waals surface area contributed by atoms with Crippen LogP contribution in [0.1, 0.15) is 12.0 Å². The highest BCUT2D eigenvalue weighted by atomic mass is 19.4. The van der Waals surface area contributed by atoms with Gasteiger partial charge in [0.25, 0.3) is 0 Å². The molecule has 2 N–H and O–H groups in total. The average molecular weight is 291 g/mol. The number of rotatable bonds is 5. The van der Waals surface area contributed by atoms with Crippen LogP contribution in [0.5, 0.6) is 0 Å². The summed E-state index contributed by atoms with van der Waals surface area (Å²) in [4.78, 5) is 21.7. The number of hydrogen-bond acceptors (Lipinski definition) is 3. The smallest absolute Gasteiger partial charge is 0.422 e. The molecule has 0 saturated carbocycles. The molecule has 1 amide bonds. The van der Waals surface area contributed by atoms with Gasteiger partial charge in [0, 0.05) is 12.1 Å². The first-order valence-corrected chi connectivity index (χ1v) is 5.58. The molecule has 0 atom stereocenters. The van der Waals surface area contributed by atoms with E-state index in [1.54, 1.807) is 18.2 Å². The molecule has 0 aromatic heterocycles. The molecule has 0 bridgehead atoms. The van der Waals surface area contributed by atoms with Crippen molar-refractivity contribution in [1.29, 1.82) is 0 Å².